The summed E-state index contributed by atoms with van der Waals surface area (Å²) >= 11 is 0. The van der Waals surface area contributed by atoms with Crippen molar-refractivity contribution in [3.05, 3.63) is 89.9 Å². The molecule has 0 atom stereocenters. The second-order valence-corrected chi connectivity index (χ2v) is 9.78. The van der Waals surface area contributed by atoms with Crippen LogP contribution in [0.15, 0.2) is 78.5 Å². The second kappa shape index (κ2) is 10.7. The number of nitrogens with zero attached hydrogens (tertiary/aromatic N) is 9. The molecule has 1 aliphatic rings. The van der Waals surface area contributed by atoms with E-state index in [1.807, 2.05) is 37.3 Å². The van der Waals surface area contributed by atoms with Gasteiger partial charge in [0, 0.05) is 61.7 Å². The molecule has 11 nitrogen and oxygen atoms in total. The third-order valence-electron chi connectivity index (χ3n) is 7.00. The van der Waals surface area contributed by atoms with Gasteiger partial charge in [0.1, 0.15) is 11.2 Å². The lowest BCUT2D eigenvalue weighted by Gasteiger charge is -2.34. The standard InChI is InChI=1S/C29H30N10O/c1-4-12-38-28(40)24-19-32-29(33-22-8-10-23(11-9-22)37-15-13-36(3)14-16-37)35-27(24)39(38)26-7-5-6-25(34-26)21-17-30-20(2)31-18-21/h4-11,17-19H,1,12-16H2,2-3H3,(H,32,33,35). The zero-order chi connectivity index (χ0) is 27.6. The molecule has 1 saturated heterocycles. The second-order valence-electron chi connectivity index (χ2n) is 9.78. The van der Waals surface area contributed by atoms with Crippen molar-refractivity contribution in [2.45, 2.75) is 13.5 Å². The first-order valence-corrected chi connectivity index (χ1v) is 13.2. The average Bonchev–Trinajstić information content (AvgIpc) is 3.25. The summed E-state index contributed by atoms with van der Waals surface area (Å²) in [5.41, 5.74) is 3.74. The van der Waals surface area contributed by atoms with E-state index in [1.54, 1.807) is 34.0 Å². The van der Waals surface area contributed by atoms with Gasteiger partial charge >= 0.3 is 0 Å². The highest BCUT2D eigenvalue weighted by molar-refractivity contribution is 5.77. The minimum atomic E-state index is -0.219. The Morgan fingerprint density at radius 3 is 2.42 bits per heavy atom. The highest BCUT2D eigenvalue weighted by atomic mass is 16.1. The molecule has 5 heterocycles. The number of aromatic nitrogens is 7. The average molecular weight is 535 g/mol. The van der Waals surface area contributed by atoms with Crippen LogP contribution in [0, 0.1) is 6.92 Å². The number of piperazine rings is 1. The molecule has 0 amide bonds. The van der Waals surface area contributed by atoms with E-state index in [-0.39, 0.29) is 12.1 Å². The molecule has 1 N–H and O–H groups in total. The van der Waals surface area contributed by atoms with Gasteiger partial charge < -0.3 is 15.1 Å². The number of anilines is 3. The molecule has 0 radical (unpaired) electrons. The highest BCUT2D eigenvalue weighted by Crippen LogP contribution is 2.23. The molecule has 0 aliphatic carbocycles. The summed E-state index contributed by atoms with van der Waals surface area (Å²) in [7, 11) is 2.15. The highest BCUT2D eigenvalue weighted by Gasteiger charge is 2.19. The van der Waals surface area contributed by atoms with Gasteiger partial charge in [-0.3, -0.25) is 4.79 Å². The number of fused-ring (bicyclic) bond motifs is 1. The molecular formula is C29H30N10O. The summed E-state index contributed by atoms with van der Waals surface area (Å²) in [6.45, 7) is 10.1. The summed E-state index contributed by atoms with van der Waals surface area (Å²) in [5.74, 6) is 1.60. The fraction of sp³-hybridized carbons (Fsp3) is 0.241. The first-order valence-electron chi connectivity index (χ1n) is 13.2. The van der Waals surface area contributed by atoms with Gasteiger partial charge in [-0.05, 0) is 50.4 Å². The number of rotatable bonds is 7. The van der Waals surface area contributed by atoms with Crippen molar-refractivity contribution in [2.75, 3.05) is 43.4 Å². The van der Waals surface area contributed by atoms with Gasteiger partial charge in [0.25, 0.3) is 5.56 Å². The molecule has 1 aromatic carbocycles. The van der Waals surface area contributed by atoms with Crippen LogP contribution in [0.2, 0.25) is 0 Å². The Bertz CT molecular complexity index is 1720. The van der Waals surface area contributed by atoms with Gasteiger partial charge in [0.05, 0.1) is 12.2 Å². The fourth-order valence-corrected chi connectivity index (χ4v) is 4.78. The molecule has 5 aromatic rings. The topological polar surface area (TPSA) is 110 Å². The zero-order valence-corrected chi connectivity index (χ0v) is 22.5. The molecule has 202 valence electrons. The van der Waals surface area contributed by atoms with Crippen LogP contribution in [0.25, 0.3) is 28.1 Å². The molecule has 0 unspecified atom stereocenters. The predicted octanol–water partition coefficient (Wildman–Crippen LogP) is 3.42. The van der Waals surface area contributed by atoms with Gasteiger partial charge in [-0.2, -0.15) is 4.98 Å². The van der Waals surface area contributed by atoms with Crippen LogP contribution >= 0.6 is 0 Å². The van der Waals surface area contributed by atoms with Gasteiger partial charge in [-0.25, -0.2) is 29.3 Å². The number of hydrogen-bond acceptors (Lipinski definition) is 9. The van der Waals surface area contributed by atoms with E-state index in [0.29, 0.717) is 34.3 Å². The predicted molar refractivity (Wildman–Crippen MR) is 156 cm³/mol. The summed E-state index contributed by atoms with van der Waals surface area (Å²) in [5, 5.41) is 3.68. The Morgan fingerprint density at radius 1 is 0.950 bits per heavy atom. The fourth-order valence-electron chi connectivity index (χ4n) is 4.78. The van der Waals surface area contributed by atoms with Crippen LogP contribution in [-0.4, -0.2) is 72.4 Å². The maximum Gasteiger partial charge on any atom is 0.278 e. The molecule has 0 spiro atoms. The number of likely N-dealkylation sites (N-methyl/N-ethyl adjacent to an activating group) is 1. The Hall–Kier alpha value is -4.90. The van der Waals surface area contributed by atoms with E-state index in [9.17, 15) is 4.79 Å². The Kier molecular flexibility index (Phi) is 6.79. The zero-order valence-electron chi connectivity index (χ0n) is 22.5. The summed E-state index contributed by atoms with van der Waals surface area (Å²) in [6, 6.07) is 13.8. The molecule has 1 fully saturated rings. The van der Waals surface area contributed by atoms with E-state index in [1.165, 1.54) is 5.69 Å². The van der Waals surface area contributed by atoms with Crippen LogP contribution in [-0.2, 0) is 6.54 Å². The Morgan fingerprint density at radius 2 is 1.70 bits per heavy atom. The van der Waals surface area contributed by atoms with Gasteiger partial charge in [0.15, 0.2) is 11.5 Å². The first-order chi connectivity index (χ1) is 19.5. The van der Waals surface area contributed by atoms with E-state index in [2.05, 4.69) is 55.8 Å². The molecule has 4 aromatic heterocycles. The summed E-state index contributed by atoms with van der Waals surface area (Å²) in [6.07, 6.45) is 6.69. The van der Waals surface area contributed by atoms with Crippen LogP contribution in [0.3, 0.4) is 0 Å². The molecule has 0 saturated carbocycles. The number of aryl methyl sites for hydroxylation is 1. The molecule has 0 bridgehead atoms. The molecule has 40 heavy (non-hydrogen) atoms. The van der Waals surface area contributed by atoms with Crippen molar-refractivity contribution in [3.8, 4) is 17.1 Å². The van der Waals surface area contributed by atoms with Crippen molar-refractivity contribution in [1.29, 1.82) is 0 Å². The Labute approximate surface area is 231 Å². The normalized spacial score (nSPS) is 14.0. The monoisotopic (exact) mass is 534 g/mol. The third-order valence-corrected chi connectivity index (χ3v) is 7.00. The van der Waals surface area contributed by atoms with Crippen molar-refractivity contribution < 1.29 is 0 Å². The third kappa shape index (κ3) is 4.94. The van der Waals surface area contributed by atoms with Crippen molar-refractivity contribution >= 4 is 28.4 Å². The number of nitrogens with one attached hydrogen (secondary N) is 1. The molecule has 6 rings (SSSR count). The lowest BCUT2D eigenvalue weighted by molar-refractivity contribution is 0.313. The Balaban J connectivity index is 1.35. The van der Waals surface area contributed by atoms with Crippen molar-refractivity contribution in [3.63, 3.8) is 0 Å². The van der Waals surface area contributed by atoms with Gasteiger partial charge in [-0.15, -0.1) is 6.58 Å². The van der Waals surface area contributed by atoms with Crippen LogP contribution < -0.4 is 15.8 Å². The van der Waals surface area contributed by atoms with Crippen molar-refractivity contribution in [1.82, 2.24) is 39.2 Å². The van der Waals surface area contributed by atoms with Crippen LogP contribution in [0.5, 0.6) is 0 Å². The molecule has 1 aliphatic heterocycles. The van der Waals surface area contributed by atoms with Crippen LogP contribution in [0.4, 0.5) is 17.3 Å². The minimum absolute atomic E-state index is 0.219. The van der Waals surface area contributed by atoms with Crippen LogP contribution in [0.1, 0.15) is 5.82 Å². The maximum absolute atomic E-state index is 13.3. The number of hydrogen-bond donors (Lipinski definition) is 1. The van der Waals surface area contributed by atoms with E-state index >= 15 is 0 Å². The van der Waals surface area contributed by atoms with E-state index < -0.39 is 0 Å². The summed E-state index contributed by atoms with van der Waals surface area (Å²) in [4.78, 5) is 40.6. The van der Waals surface area contributed by atoms with Crippen molar-refractivity contribution in [2.24, 2.45) is 0 Å². The van der Waals surface area contributed by atoms with E-state index in [4.69, 9.17) is 9.97 Å². The maximum atomic E-state index is 13.3. The van der Waals surface area contributed by atoms with Gasteiger partial charge in [-0.1, -0.05) is 12.1 Å². The number of pyridine rings is 1. The smallest absolute Gasteiger partial charge is 0.278 e. The first kappa shape index (κ1) is 25.4. The SMILES string of the molecule is C=CCn1c(=O)c2cnc(Nc3ccc(N4CCN(C)CC4)cc3)nc2n1-c1cccc(-c2cnc(C)nc2)n1. The largest absolute Gasteiger partial charge is 0.369 e. The molecule has 11 heteroatoms. The number of allylic oxidation sites excluding steroid dienone is 1. The lowest BCUT2D eigenvalue weighted by Crippen LogP contribution is -2.44. The molecular weight excluding hydrogens is 504 g/mol. The minimum Gasteiger partial charge on any atom is -0.369 e. The lowest BCUT2D eigenvalue weighted by atomic mass is 10.2. The van der Waals surface area contributed by atoms with E-state index in [0.717, 1.165) is 37.4 Å². The van der Waals surface area contributed by atoms with Gasteiger partial charge in [0.2, 0.25) is 5.95 Å². The number of benzene rings is 1. The quantitative estimate of drug-likeness (QED) is 0.314. The summed E-state index contributed by atoms with van der Waals surface area (Å²) < 4.78 is 3.26.